The van der Waals surface area contributed by atoms with E-state index in [1.165, 1.54) is 11.3 Å². The molecule has 0 spiro atoms. The molecule has 0 aliphatic carbocycles. The highest BCUT2D eigenvalue weighted by molar-refractivity contribution is 7.17. The zero-order chi connectivity index (χ0) is 16.5. The minimum absolute atomic E-state index is 0.213. The molecule has 0 aliphatic heterocycles. The van der Waals surface area contributed by atoms with Gasteiger partial charge in [-0.1, -0.05) is 17.4 Å². The zero-order valence-corrected chi connectivity index (χ0v) is 13.5. The number of carbonyl (C=O) groups excluding carboxylic acids is 1. The third-order valence-electron chi connectivity index (χ3n) is 3.41. The molecule has 1 amide bonds. The van der Waals surface area contributed by atoms with E-state index in [4.69, 9.17) is 0 Å². The van der Waals surface area contributed by atoms with Crippen molar-refractivity contribution in [3.63, 3.8) is 0 Å². The third kappa shape index (κ3) is 2.72. The quantitative estimate of drug-likeness (QED) is 0.531. The Kier molecular flexibility index (Phi) is 3.47. The first-order valence-corrected chi connectivity index (χ1v) is 7.96. The summed E-state index contributed by atoms with van der Waals surface area (Å²) in [6.45, 7) is 0. The normalized spacial score (nSPS) is 10.9. The molecule has 0 saturated heterocycles. The van der Waals surface area contributed by atoms with Crippen LogP contribution in [0.3, 0.4) is 0 Å². The number of hydrogen-bond donors (Lipinski definition) is 3. The van der Waals surface area contributed by atoms with Crippen LogP contribution in [0.15, 0.2) is 42.9 Å². The molecule has 0 fully saturated rings. The highest BCUT2D eigenvalue weighted by Gasteiger charge is 2.13. The van der Waals surface area contributed by atoms with E-state index in [1.807, 2.05) is 37.5 Å². The number of hydrogen-bond acceptors (Lipinski definition) is 6. The maximum Gasteiger partial charge on any atom is 0.267 e. The lowest BCUT2D eigenvalue weighted by atomic mass is 10.2. The molecule has 3 heterocycles. The van der Waals surface area contributed by atoms with Gasteiger partial charge in [0.15, 0.2) is 10.9 Å². The zero-order valence-electron chi connectivity index (χ0n) is 12.6. The molecule has 0 saturated carbocycles. The van der Waals surface area contributed by atoms with Gasteiger partial charge in [-0.05, 0) is 12.1 Å². The second-order valence-corrected chi connectivity index (χ2v) is 6.15. The lowest BCUT2D eigenvalue weighted by Gasteiger charge is -2.04. The predicted molar refractivity (Wildman–Crippen MR) is 92.7 cm³/mol. The molecule has 1 aromatic carbocycles. The van der Waals surface area contributed by atoms with Gasteiger partial charge >= 0.3 is 0 Å². The smallest absolute Gasteiger partial charge is 0.267 e. The van der Waals surface area contributed by atoms with Crippen molar-refractivity contribution < 1.29 is 4.79 Å². The van der Waals surface area contributed by atoms with E-state index < -0.39 is 0 Å². The molecule has 120 valence electrons. The van der Waals surface area contributed by atoms with Crippen LogP contribution in [0.2, 0.25) is 0 Å². The molecule has 9 heteroatoms. The Balaban J connectivity index is 1.52. The fourth-order valence-electron chi connectivity index (χ4n) is 2.29. The molecule has 0 radical (unpaired) electrons. The van der Waals surface area contributed by atoms with Gasteiger partial charge in [0.2, 0.25) is 0 Å². The maximum absolute atomic E-state index is 12.4. The maximum atomic E-state index is 12.4. The highest BCUT2D eigenvalue weighted by atomic mass is 32.1. The number of nitrogens with one attached hydrogen (secondary N) is 3. The van der Waals surface area contributed by atoms with Crippen LogP contribution in [0.5, 0.6) is 0 Å². The van der Waals surface area contributed by atoms with E-state index in [-0.39, 0.29) is 5.91 Å². The van der Waals surface area contributed by atoms with Crippen molar-refractivity contribution in [2.75, 3.05) is 10.6 Å². The molecule has 0 bridgehead atoms. The van der Waals surface area contributed by atoms with E-state index in [1.54, 1.807) is 17.1 Å². The minimum Gasteiger partial charge on any atom is -0.321 e. The monoisotopic (exact) mass is 339 g/mol. The first-order valence-electron chi connectivity index (χ1n) is 7.15. The van der Waals surface area contributed by atoms with Gasteiger partial charge in [-0.3, -0.25) is 14.6 Å². The van der Waals surface area contributed by atoms with Crippen molar-refractivity contribution in [3.8, 4) is 0 Å². The van der Waals surface area contributed by atoms with Crippen LogP contribution in [-0.4, -0.2) is 30.9 Å². The molecule has 4 aromatic rings. The second-order valence-electron chi connectivity index (χ2n) is 5.12. The number of aromatic amines is 1. The van der Waals surface area contributed by atoms with E-state index in [2.05, 4.69) is 30.9 Å². The van der Waals surface area contributed by atoms with Crippen molar-refractivity contribution in [1.29, 1.82) is 0 Å². The number of anilines is 3. The van der Waals surface area contributed by atoms with Gasteiger partial charge in [-0.25, -0.2) is 4.98 Å². The van der Waals surface area contributed by atoms with Crippen LogP contribution in [-0.2, 0) is 7.05 Å². The summed E-state index contributed by atoms with van der Waals surface area (Å²) in [5.41, 5.74) is 1.58. The standard InChI is InChI=1S/C15H13N7OS/c1-22-6-5-13(21-22)19-15-16-8-12(24-15)14(23)18-10-3-2-4-11-9(10)7-17-20-11/h2-8H,1H3,(H,17,20)(H,18,23)(H,16,19,21). The number of aromatic nitrogens is 5. The summed E-state index contributed by atoms with van der Waals surface area (Å²) in [5, 5.41) is 18.5. The largest absolute Gasteiger partial charge is 0.321 e. The molecule has 3 aromatic heterocycles. The van der Waals surface area contributed by atoms with Crippen molar-refractivity contribution >= 4 is 44.8 Å². The summed E-state index contributed by atoms with van der Waals surface area (Å²) in [7, 11) is 1.84. The summed E-state index contributed by atoms with van der Waals surface area (Å²) >= 11 is 1.26. The summed E-state index contributed by atoms with van der Waals surface area (Å²) in [6, 6.07) is 7.43. The lowest BCUT2D eigenvalue weighted by Crippen LogP contribution is -2.10. The van der Waals surface area contributed by atoms with E-state index in [9.17, 15) is 4.79 Å². The van der Waals surface area contributed by atoms with Crippen LogP contribution < -0.4 is 10.6 Å². The van der Waals surface area contributed by atoms with Crippen molar-refractivity contribution in [1.82, 2.24) is 25.0 Å². The number of fused-ring (bicyclic) bond motifs is 1. The van der Waals surface area contributed by atoms with Crippen molar-refractivity contribution in [2.45, 2.75) is 0 Å². The Labute approximate surface area is 140 Å². The van der Waals surface area contributed by atoms with Gasteiger partial charge in [0.25, 0.3) is 5.91 Å². The van der Waals surface area contributed by atoms with E-state index in [0.29, 0.717) is 21.5 Å². The van der Waals surface area contributed by atoms with Crippen molar-refractivity contribution in [3.05, 3.63) is 47.7 Å². The Morgan fingerprint density at radius 3 is 3.04 bits per heavy atom. The van der Waals surface area contributed by atoms with Gasteiger partial charge in [-0.15, -0.1) is 0 Å². The average Bonchev–Trinajstić information content (AvgIpc) is 3.29. The Hall–Kier alpha value is -3.20. The van der Waals surface area contributed by atoms with Crippen LogP contribution >= 0.6 is 11.3 Å². The molecule has 24 heavy (non-hydrogen) atoms. The van der Waals surface area contributed by atoms with Crippen LogP contribution in [0.4, 0.5) is 16.6 Å². The molecule has 8 nitrogen and oxygen atoms in total. The van der Waals surface area contributed by atoms with Crippen LogP contribution in [0, 0.1) is 0 Å². The topological polar surface area (TPSA) is 101 Å². The molecule has 0 unspecified atom stereocenters. The Morgan fingerprint density at radius 2 is 2.21 bits per heavy atom. The van der Waals surface area contributed by atoms with Gasteiger partial charge in [0, 0.05) is 24.7 Å². The minimum atomic E-state index is -0.213. The van der Waals surface area contributed by atoms with Gasteiger partial charge in [0.05, 0.1) is 23.6 Å². The van der Waals surface area contributed by atoms with Gasteiger partial charge < -0.3 is 10.6 Å². The number of amides is 1. The molecule has 0 atom stereocenters. The van der Waals surface area contributed by atoms with Gasteiger partial charge in [-0.2, -0.15) is 10.2 Å². The van der Waals surface area contributed by atoms with E-state index >= 15 is 0 Å². The average molecular weight is 339 g/mol. The number of thiazole rings is 1. The molecular weight excluding hydrogens is 326 g/mol. The number of benzene rings is 1. The fourth-order valence-corrected chi connectivity index (χ4v) is 3.01. The number of aryl methyl sites for hydroxylation is 1. The summed E-state index contributed by atoms with van der Waals surface area (Å²) < 4.78 is 1.69. The van der Waals surface area contributed by atoms with Crippen LogP contribution in [0.25, 0.3) is 10.9 Å². The Bertz CT molecular complexity index is 1020. The second kappa shape index (κ2) is 5.78. The first-order chi connectivity index (χ1) is 11.7. The molecule has 0 aliphatic rings. The highest BCUT2D eigenvalue weighted by Crippen LogP contribution is 2.25. The number of nitrogens with zero attached hydrogens (tertiary/aromatic N) is 4. The first kappa shape index (κ1) is 14.4. The summed E-state index contributed by atoms with van der Waals surface area (Å²) in [5.74, 6) is 0.470. The number of rotatable bonds is 4. The SMILES string of the molecule is Cn1ccc(Nc2ncc(C(=O)Nc3cccc4[nH]ncc34)s2)n1. The molecule has 4 rings (SSSR count). The van der Waals surface area contributed by atoms with Crippen LogP contribution in [0.1, 0.15) is 9.67 Å². The predicted octanol–water partition coefficient (Wildman–Crippen LogP) is 2.75. The van der Waals surface area contributed by atoms with Gasteiger partial charge in [0.1, 0.15) is 4.88 Å². The summed E-state index contributed by atoms with van der Waals surface area (Å²) in [4.78, 5) is 17.2. The fraction of sp³-hybridized carbons (Fsp3) is 0.0667. The van der Waals surface area contributed by atoms with Crippen molar-refractivity contribution in [2.24, 2.45) is 7.05 Å². The molecular formula is C15H13N7OS. The lowest BCUT2D eigenvalue weighted by molar-refractivity contribution is 0.103. The Morgan fingerprint density at radius 1 is 1.29 bits per heavy atom. The third-order valence-corrected chi connectivity index (χ3v) is 4.32. The molecule has 3 N–H and O–H groups in total. The number of H-pyrrole nitrogens is 1. The summed E-state index contributed by atoms with van der Waals surface area (Å²) in [6.07, 6.45) is 5.06. The number of carbonyl (C=O) groups is 1. The van der Waals surface area contributed by atoms with E-state index in [0.717, 1.165) is 10.9 Å².